The van der Waals surface area contributed by atoms with E-state index < -0.39 is 11.9 Å². The Bertz CT molecular complexity index is 1010. The minimum Gasteiger partial charge on any atom is -0.464 e. The maximum absolute atomic E-state index is 12.2. The van der Waals surface area contributed by atoms with Gasteiger partial charge >= 0.3 is 5.97 Å². The van der Waals surface area contributed by atoms with Gasteiger partial charge in [-0.1, -0.05) is 23.5 Å². The number of nitrogens with zero attached hydrogens (tertiary/aromatic N) is 3. The van der Waals surface area contributed by atoms with Gasteiger partial charge in [0.15, 0.2) is 4.80 Å². The number of amides is 1. The van der Waals surface area contributed by atoms with Crippen LogP contribution >= 0.6 is 11.3 Å². The molecule has 1 N–H and O–H groups in total. The van der Waals surface area contributed by atoms with Gasteiger partial charge in [-0.15, -0.1) is 0 Å². The lowest BCUT2D eigenvalue weighted by atomic mass is 10.3. The predicted molar refractivity (Wildman–Crippen MR) is 99.4 cm³/mol. The van der Waals surface area contributed by atoms with Gasteiger partial charge in [-0.3, -0.25) is 4.79 Å². The van der Waals surface area contributed by atoms with Gasteiger partial charge in [0.1, 0.15) is 6.04 Å². The van der Waals surface area contributed by atoms with E-state index in [2.05, 4.69) is 15.0 Å². The molecule has 8 heteroatoms. The third-order valence-electron chi connectivity index (χ3n) is 3.68. The molecule has 0 fully saturated rings. The number of hydrogen-bond acceptors (Lipinski definition) is 5. The van der Waals surface area contributed by atoms with Crippen LogP contribution in [0.5, 0.6) is 0 Å². The molecule has 0 aliphatic heterocycles. The molecule has 0 bridgehead atoms. The Hall–Kier alpha value is -3.00. The van der Waals surface area contributed by atoms with Gasteiger partial charge < -0.3 is 14.3 Å². The zero-order valence-electron chi connectivity index (χ0n) is 14.4. The lowest BCUT2D eigenvalue weighted by Gasteiger charge is -2.13. The molecule has 134 valence electrons. The molecule has 2 aromatic heterocycles. The smallest absolute Gasteiger partial charge is 0.328 e. The van der Waals surface area contributed by atoms with E-state index in [-0.39, 0.29) is 5.97 Å². The number of thiazole rings is 1. The fourth-order valence-electron chi connectivity index (χ4n) is 2.46. The number of H-pyrrole nitrogens is 1. The highest BCUT2D eigenvalue weighted by atomic mass is 32.1. The third-order valence-corrected chi connectivity index (χ3v) is 4.71. The van der Waals surface area contributed by atoms with E-state index in [0.29, 0.717) is 17.1 Å². The number of fused-ring (bicyclic) bond motifs is 1. The van der Waals surface area contributed by atoms with Gasteiger partial charge in [0.25, 0.3) is 5.91 Å². The molecule has 1 atom stereocenters. The Labute approximate surface area is 153 Å². The van der Waals surface area contributed by atoms with Crippen molar-refractivity contribution in [3.63, 3.8) is 0 Å². The topological polar surface area (TPSA) is 89.3 Å². The third kappa shape index (κ3) is 3.80. The SMILES string of the molecule is CCOC(=O)C(C)n1c(=NC(=O)/C=C/c2cnc[nH]2)sc2ccccc21. The first kappa shape index (κ1) is 17.8. The molecule has 0 radical (unpaired) electrons. The zero-order chi connectivity index (χ0) is 18.5. The molecular weight excluding hydrogens is 352 g/mol. The number of nitrogens with one attached hydrogen (secondary N) is 1. The summed E-state index contributed by atoms with van der Waals surface area (Å²) in [5.74, 6) is -0.783. The fraction of sp³-hybridized carbons (Fsp3) is 0.222. The van der Waals surface area contributed by atoms with Crippen LogP contribution < -0.4 is 4.80 Å². The molecule has 0 saturated carbocycles. The number of imidazole rings is 1. The van der Waals surface area contributed by atoms with E-state index in [1.807, 2.05) is 24.3 Å². The fourth-order valence-corrected chi connectivity index (χ4v) is 3.57. The minimum absolute atomic E-state index is 0.296. The van der Waals surface area contributed by atoms with E-state index in [0.717, 1.165) is 10.2 Å². The Morgan fingerprint density at radius 3 is 2.96 bits per heavy atom. The summed E-state index contributed by atoms with van der Waals surface area (Å²) in [6.07, 6.45) is 6.09. The number of para-hydroxylation sites is 1. The van der Waals surface area contributed by atoms with Crippen molar-refractivity contribution in [3.05, 3.63) is 53.4 Å². The summed E-state index contributed by atoms with van der Waals surface area (Å²) in [7, 11) is 0. The molecule has 1 amide bonds. The van der Waals surface area contributed by atoms with Crippen molar-refractivity contribution in [1.82, 2.24) is 14.5 Å². The van der Waals surface area contributed by atoms with E-state index in [1.54, 1.807) is 30.7 Å². The second-order valence-electron chi connectivity index (χ2n) is 5.44. The van der Waals surface area contributed by atoms with Crippen LogP contribution in [0.25, 0.3) is 16.3 Å². The first-order chi connectivity index (χ1) is 12.6. The largest absolute Gasteiger partial charge is 0.464 e. The van der Waals surface area contributed by atoms with Gasteiger partial charge in [-0.2, -0.15) is 4.99 Å². The van der Waals surface area contributed by atoms with Crippen molar-refractivity contribution in [2.24, 2.45) is 4.99 Å². The van der Waals surface area contributed by atoms with Crippen LogP contribution in [0.1, 0.15) is 25.6 Å². The normalized spacial score (nSPS) is 13.4. The zero-order valence-corrected chi connectivity index (χ0v) is 15.2. The van der Waals surface area contributed by atoms with E-state index in [1.165, 1.54) is 23.7 Å². The van der Waals surface area contributed by atoms with Crippen LogP contribution in [-0.2, 0) is 14.3 Å². The summed E-state index contributed by atoms with van der Waals surface area (Å²) in [6, 6.07) is 7.02. The van der Waals surface area contributed by atoms with Crippen molar-refractivity contribution in [3.8, 4) is 0 Å². The Balaban J connectivity index is 2.03. The van der Waals surface area contributed by atoms with E-state index >= 15 is 0 Å². The van der Waals surface area contributed by atoms with Crippen LogP contribution in [0.15, 0.2) is 47.9 Å². The van der Waals surface area contributed by atoms with Crippen LogP contribution in [0.4, 0.5) is 0 Å². The monoisotopic (exact) mass is 370 g/mol. The standard InChI is InChI=1S/C18H18N4O3S/c1-3-25-17(24)12(2)22-14-6-4-5-7-15(14)26-18(22)21-16(23)9-8-13-10-19-11-20-13/h4-12H,3H2,1-2H3,(H,19,20)/b9-8+,21-18?. The first-order valence-corrected chi connectivity index (χ1v) is 8.93. The summed E-state index contributed by atoms with van der Waals surface area (Å²) in [5.41, 5.74) is 1.54. The van der Waals surface area contributed by atoms with Gasteiger partial charge in [0.05, 0.1) is 35.0 Å². The summed E-state index contributed by atoms with van der Waals surface area (Å²) in [6.45, 7) is 3.79. The Morgan fingerprint density at radius 1 is 1.42 bits per heavy atom. The molecule has 7 nitrogen and oxygen atoms in total. The molecule has 0 aliphatic rings. The highest BCUT2D eigenvalue weighted by Gasteiger charge is 2.20. The highest BCUT2D eigenvalue weighted by molar-refractivity contribution is 7.16. The molecule has 0 saturated heterocycles. The van der Waals surface area contributed by atoms with E-state index in [9.17, 15) is 9.59 Å². The Morgan fingerprint density at radius 2 is 2.23 bits per heavy atom. The second kappa shape index (κ2) is 7.92. The summed E-state index contributed by atoms with van der Waals surface area (Å²) >= 11 is 1.35. The van der Waals surface area contributed by atoms with Gasteiger partial charge in [-0.05, 0) is 32.1 Å². The Kier molecular flexibility index (Phi) is 5.43. The number of aromatic nitrogens is 3. The molecule has 2 heterocycles. The number of aromatic amines is 1. The number of carbonyl (C=O) groups is 2. The van der Waals surface area contributed by atoms with Crippen molar-refractivity contribution < 1.29 is 14.3 Å². The number of hydrogen-bond donors (Lipinski definition) is 1. The first-order valence-electron chi connectivity index (χ1n) is 8.12. The lowest BCUT2D eigenvalue weighted by Crippen LogP contribution is -2.27. The summed E-state index contributed by atoms with van der Waals surface area (Å²) < 4.78 is 7.80. The van der Waals surface area contributed by atoms with Crippen molar-refractivity contribution >= 4 is 39.5 Å². The number of benzene rings is 1. The summed E-state index contributed by atoms with van der Waals surface area (Å²) in [5, 5.41) is 0. The highest BCUT2D eigenvalue weighted by Crippen LogP contribution is 2.21. The molecular formula is C18H18N4O3S. The van der Waals surface area contributed by atoms with Gasteiger partial charge in [0, 0.05) is 6.08 Å². The van der Waals surface area contributed by atoms with E-state index in [4.69, 9.17) is 4.74 Å². The van der Waals surface area contributed by atoms with Crippen molar-refractivity contribution in [2.75, 3.05) is 6.61 Å². The lowest BCUT2D eigenvalue weighted by molar-refractivity contribution is -0.146. The minimum atomic E-state index is -0.589. The average molecular weight is 370 g/mol. The molecule has 26 heavy (non-hydrogen) atoms. The molecule has 0 aliphatic carbocycles. The number of ether oxygens (including phenoxy) is 1. The van der Waals surface area contributed by atoms with Crippen LogP contribution in [0.3, 0.4) is 0 Å². The molecule has 3 aromatic rings. The average Bonchev–Trinajstić information content (AvgIpc) is 3.26. The summed E-state index contributed by atoms with van der Waals surface area (Å²) in [4.78, 5) is 35.8. The van der Waals surface area contributed by atoms with Crippen LogP contribution in [0, 0.1) is 0 Å². The van der Waals surface area contributed by atoms with Crippen molar-refractivity contribution in [1.29, 1.82) is 0 Å². The predicted octanol–water partition coefficient (Wildman–Crippen LogP) is 2.69. The van der Waals surface area contributed by atoms with Crippen LogP contribution in [-0.4, -0.2) is 33.0 Å². The maximum Gasteiger partial charge on any atom is 0.328 e. The van der Waals surface area contributed by atoms with Crippen molar-refractivity contribution in [2.45, 2.75) is 19.9 Å². The molecule has 0 spiro atoms. The molecule has 1 aromatic carbocycles. The maximum atomic E-state index is 12.2. The number of rotatable bonds is 5. The quantitative estimate of drug-likeness (QED) is 0.552. The van der Waals surface area contributed by atoms with Crippen LogP contribution in [0.2, 0.25) is 0 Å². The number of esters is 1. The van der Waals surface area contributed by atoms with Gasteiger partial charge in [-0.25, -0.2) is 9.78 Å². The second-order valence-corrected chi connectivity index (χ2v) is 6.45. The number of carbonyl (C=O) groups excluding carboxylic acids is 2. The molecule has 1 unspecified atom stereocenters. The van der Waals surface area contributed by atoms with Gasteiger partial charge in [0.2, 0.25) is 0 Å². The molecule has 3 rings (SSSR count).